The summed E-state index contributed by atoms with van der Waals surface area (Å²) < 4.78 is 0. The highest BCUT2D eigenvalue weighted by Crippen LogP contribution is 2.19. The average molecular weight is 472 g/mol. The van der Waals surface area contributed by atoms with Gasteiger partial charge in [-0.05, 0) is 44.2 Å². The van der Waals surface area contributed by atoms with Gasteiger partial charge in [0.15, 0.2) is 5.96 Å². The molecule has 1 aliphatic rings. The van der Waals surface area contributed by atoms with E-state index in [-0.39, 0.29) is 29.9 Å². The number of aliphatic imine (C=N–C) groups is 1. The Labute approximate surface area is 175 Å². The third-order valence-electron chi connectivity index (χ3n) is 4.64. The number of rotatable bonds is 7. The van der Waals surface area contributed by atoms with Crippen LogP contribution in [0.2, 0.25) is 0 Å². The molecule has 1 amide bonds. The Morgan fingerprint density at radius 1 is 1.27 bits per heavy atom. The van der Waals surface area contributed by atoms with Gasteiger partial charge in [0.2, 0.25) is 5.91 Å². The first-order valence-electron chi connectivity index (χ1n) is 9.53. The molecule has 1 aromatic carbocycles. The maximum Gasteiger partial charge on any atom is 0.222 e. The zero-order valence-corrected chi connectivity index (χ0v) is 18.6. The second kappa shape index (κ2) is 12.1. The van der Waals surface area contributed by atoms with Crippen LogP contribution in [0.25, 0.3) is 0 Å². The van der Waals surface area contributed by atoms with Crippen molar-refractivity contribution in [2.24, 2.45) is 4.99 Å². The van der Waals surface area contributed by atoms with E-state index in [9.17, 15) is 4.79 Å². The fraction of sp³-hybridized carbons (Fsp3) is 0.600. The highest BCUT2D eigenvalue weighted by molar-refractivity contribution is 14.0. The molecule has 2 rings (SSSR count). The van der Waals surface area contributed by atoms with Crippen LogP contribution in [0.4, 0.5) is 0 Å². The summed E-state index contributed by atoms with van der Waals surface area (Å²) in [7, 11) is 0. The van der Waals surface area contributed by atoms with Crippen molar-refractivity contribution in [1.82, 2.24) is 15.5 Å². The summed E-state index contributed by atoms with van der Waals surface area (Å²) >= 11 is 0. The standard InChI is InChI=1S/C20H32N4O.HI/c1-4-16(3)23-20(21-5-2)22-13-8-11-19(25)24-14-12-17-9-6-7-10-18(17)15-24;/h6-7,9-10,16H,4-5,8,11-15H2,1-3H3,(H2,21,22,23);1H. The monoisotopic (exact) mass is 472 g/mol. The van der Waals surface area contributed by atoms with Gasteiger partial charge in [0.05, 0.1) is 0 Å². The van der Waals surface area contributed by atoms with Crippen LogP contribution >= 0.6 is 24.0 Å². The summed E-state index contributed by atoms with van der Waals surface area (Å²) in [6, 6.07) is 8.81. The smallest absolute Gasteiger partial charge is 0.222 e. The van der Waals surface area contributed by atoms with Crippen molar-refractivity contribution >= 4 is 35.8 Å². The topological polar surface area (TPSA) is 56.7 Å². The van der Waals surface area contributed by atoms with Crippen LogP contribution in [0.5, 0.6) is 0 Å². The molecule has 6 heteroatoms. The van der Waals surface area contributed by atoms with Gasteiger partial charge < -0.3 is 15.5 Å². The van der Waals surface area contributed by atoms with Gasteiger partial charge in [-0.25, -0.2) is 0 Å². The van der Waals surface area contributed by atoms with Crippen molar-refractivity contribution in [3.05, 3.63) is 35.4 Å². The van der Waals surface area contributed by atoms with E-state index in [1.807, 2.05) is 11.0 Å². The van der Waals surface area contributed by atoms with Gasteiger partial charge in [-0.3, -0.25) is 9.79 Å². The number of nitrogens with one attached hydrogen (secondary N) is 2. The first-order valence-corrected chi connectivity index (χ1v) is 9.53. The fourth-order valence-corrected chi connectivity index (χ4v) is 2.94. The predicted octanol–water partition coefficient (Wildman–Crippen LogP) is 3.32. The highest BCUT2D eigenvalue weighted by atomic mass is 127. The van der Waals surface area contributed by atoms with Gasteiger partial charge in [0, 0.05) is 38.6 Å². The Hall–Kier alpha value is -1.31. The molecule has 0 spiro atoms. The molecule has 0 saturated heterocycles. The van der Waals surface area contributed by atoms with Crippen molar-refractivity contribution in [3.63, 3.8) is 0 Å². The minimum atomic E-state index is 0. The van der Waals surface area contributed by atoms with E-state index in [2.05, 4.69) is 54.6 Å². The van der Waals surface area contributed by atoms with Gasteiger partial charge in [-0.2, -0.15) is 0 Å². The molecule has 1 aliphatic heterocycles. The third kappa shape index (κ3) is 7.13. The molecule has 0 fully saturated rings. The van der Waals surface area contributed by atoms with E-state index in [1.165, 1.54) is 11.1 Å². The normalized spacial score (nSPS) is 14.9. The summed E-state index contributed by atoms with van der Waals surface area (Å²) in [5, 5.41) is 6.63. The zero-order valence-electron chi connectivity index (χ0n) is 16.3. The van der Waals surface area contributed by atoms with E-state index in [0.717, 1.165) is 44.9 Å². The third-order valence-corrected chi connectivity index (χ3v) is 4.64. The maximum absolute atomic E-state index is 12.4. The van der Waals surface area contributed by atoms with Crippen LogP contribution in [-0.2, 0) is 17.8 Å². The largest absolute Gasteiger partial charge is 0.357 e. The summed E-state index contributed by atoms with van der Waals surface area (Å²) in [5.74, 6) is 1.08. The van der Waals surface area contributed by atoms with E-state index in [0.29, 0.717) is 19.0 Å². The Morgan fingerprint density at radius 3 is 2.69 bits per heavy atom. The zero-order chi connectivity index (χ0) is 18.1. The van der Waals surface area contributed by atoms with Gasteiger partial charge >= 0.3 is 0 Å². The first-order chi connectivity index (χ1) is 12.1. The summed E-state index contributed by atoms with van der Waals surface area (Å²) in [5.41, 5.74) is 2.66. The summed E-state index contributed by atoms with van der Waals surface area (Å²) in [6.45, 7) is 9.44. The number of halogens is 1. The molecule has 26 heavy (non-hydrogen) atoms. The molecule has 0 aliphatic carbocycles. The minimum Gasteiger partial charge on any atom is -0.357 e. The van der Waals surface area contributed by atoms with Gasteiger partial charge in [-0.1, -0.05) is 31.2 Å². The van der Waals surface area contributed by atoms with Crippen molar-refractivity contribution in [3.8, 4) is 0 Å². The van der Waals surface area contributed by atoms with Crippen molar-refractivity contribution in [2.45, 2.75) is 59.0 Å². The lowest BCUT2D eigenvalue weighted by atomic mass is 9.99. The van der Waals surface area contributed by atoms with E-state index < -0.39 is 0 Å². The van der Waals surface area contributed by atoms with Crippen LogP contribution in [0.3, 0.4) is 0 Å². The van der Waals surface area contributed by atoms with Crippen molar-refractivity contribution < 1.29 is 4.79 Å². The lowest BCUT2D eigenvalue weighted by Crippen LogP contribution is -2.42. The Morgan fingerprint density at radius 2 is 2.00 bits per heavy atom. The number of guanidine groups is 1. The molecule has 2 N–H and O–H groups in total. The molecule has 1 aromatic rings. The average Bonchev–Trinajstić information content (AvgIpc) is 2.64. The van der Waals surface area contributed by atoms with Gasteiger partial charge in [-0.15, -0.1) is 24.0 Å². The summed E-state index contributed by atoms with van der Waals surface area (Å²) in [6.07, 6.45) is 3.37. The van der Waals surface area contributed by atoms with E-state index in [1.54, 1.807) is 0 Å². The second-order valence-corrected chi connectivity index (χ2v) is 6.65. The molecule has 0 aromatic heterocycles. The number of amides is 1. The Balaban J connectivity index is 0.00000338. The van der Waals surface area contributed by atoms with E-state index in [4.69, 9.17) is 0 Å². The molecule has 1 heterocycles. The SMILES string of the molecule is CCNC(=NCCCC(=O)N1CCc2ccccc2C1)NC(C)CC.I. The quantitative estimate of drug-likeness (QED) is 0.277. The number of hydrogen-bond donors (Lipinski definition) is 2. The number of nitrogens with zero attached hydrogens (tertiary/aromatic N) is 2. The number of carbonyl (C=O) groups is 1. The lowest BCUT2D eigenvalue weighted by Gasteiger charge is -2.28. The van der Waals surface area contributed by atoms with Gasteiger partial charge in [0.25, 0.3) is 0 Å². The summed E-state index contributed by atoms with van der Waals surface area (Å²) in [4.78, 5) is 19.0. The van der Waals surface area contributed by atoms with E-state index >= 15 is 0 Å². The Bertz CT molecular complexity index is 591. The van der Waals surface area contributed by atoms with Crippen molar-refractivity contribution in [2.75, 3.05) is 19.6 Å². The fourth-order valence-electron chi connectivity index (χ4n) is 2.94. The maximum atomic E-state index is 12.4. The molecule has 146 valence electrons. The first kappa shape index (κ1) is 22.7. The molecular formula is C20H33IN4O. The lowest BCUT2D eigenvalue weighted by molar-refractivity contribution is -0.132. The molecule has 0 saturated carbocycles. The van der Waals surface area contributed by atoms with Crippen LogP contribution in [0, 0.1) is 0 Å². The highest BCUT2D eigenvalue weighted by Gasteiger charge is 2.19. The second-order valence-electron chi connectivity index (χ2n) is 6.65. The molecule has 1 atom stereocenters. The molecule has 1 unspecified atom stereocenters. The number of carbonyl (C=O) groups excluding carboxylic acids is 1. The number of fused-ring (bicyclic) bond motifs is 1. The number of hydrogen-bond acceptors (Lipinski definition) is 2. The number of benzene rings is 1. The van der Waals surface area contributed by atoms with Crippen molar-refractivity contribution in [1.29, 1.82) is 0 Å². The van der Waals surface area contributed by atoms with Crippen LogP contribution < -0.4 is 10.6 Å². The molecule has 0 radical (unpaired) electrons. The Kier molecular flexibility index (Phi) is 10.6. The van der Waals surface area contributed by atoms with Gasteiger partial charge in [0.1, 0.15) is 0 Å². The van der Waals surface area contributed by atoms with Crippen LogP contribution in [0.1, 0.15) is 51.2 Å². The predicted molar refractivity (Wildman–Crippen MR) is 119 cm³/mol. The molecule has 0 bridgehead atoms. The minimum absolute atomic E-state index is 0. The molecular weight excluding hydrogens is 439 g/mol. The van der Waals surface area contributed by atoms with Crippen LogP contribution in [0.15, 0.2) is 29.3 Å². The van der Waals surface area contributed by atoms with Crippen LogP contribution in [-0.4, -0.2) is 42.4 Å². The molecule has 5 nitrogen and oxygen atoms in total.